The lowest BCUT2D eigenvalue weighted by molar-refractivity contribution is 0.118. The van der Waals surface area contributed by atoms with Crippen LogP contribution >= 0.6 is 0 Å². The normalized spacial score (nSPS) is 11.1. The molecule has 0 aliphatic rings. The first-order chi connectivity index (χ1) is 12.6. The lowest BCUT2D eigenvalue weighted by Crippen LogP contribution is -2.08. The number of benzene rings is 1. The van der Waals surface area contributed by atoms with Crippen molar-refractivity contribution in [1.82, 2.24) is 4.98 Å². The van der Waals surface area contributed by atoms with Crippen LogP contribution in [-0.2, 0) is 4.84 Å². The van der Waals surface area contributed by atoms with Crippen LogP contribution in [0.15, 0.2) is 47.8 Å². The van der Waals surface area contributed by atoms with Gasteiger partial charge in [-0.2, -0.15) is 0 Å². The Labute approximate surface area is 154 Å². The number of pyridine rings is 1. The van der Waals surface area contributed by atoms with Gasteiger partial charge in [0.25, 0.3) is 0 Å². The molecule has 0 radical (unpaired) electrons. The summed E-state index contributed by atoms with van der Waals surface area (Å²) in [6.45, 7) is 6.57. The Morgan fingerprint density at radius 1 is 1.04 bits per heavy atom. The van der Waals surface area contributed by atoms with E-state index in [2.05, 4.69) is 15.0 Å². The van der Waals surface area contributed by atoms with Crippen LogP contribution in [0.25, 0.3) is 0 Å². The number of aromatic nitrogens is 1. The maximum absolute atomic E-state index is 5.78. The van der Waals surface area contributed by atoms with Crippen LogP contribution in [0.1, 0.15) is 23.7 Å². The Kier molecular flexibility index (Phi) is 7.49. The fraction of sp³-hybridized carbons (Fsp3) is 0.300. The molecule has 6 heteroatoms. The van der Waals surface area contributed by atoms with Crippen molar-refractivity contribution in [2.45, 2.75) is 20.8 Å². The Balaban J connectivity index is 1.91. The van der Waals surface area contributed by atoms with E-state index >= 15 is 0 Å². The van der Waals surface area contributed by atoms with E-state index in [4.69, 9.17) is 14.2 Å². The number of hydrogen-bond donors (Lipinski definition) is 0. The molecule has 1 heterocycles. The van der Waals surface area contributed by atoms with Gasteiger partial charge in [0.1, 0.15) is 31.0 Å². The molecule has 0 bridgehead atoms. The first kappa shape index (κ1) is 19.3. The molecule has 6 nitrogen and oxygen atoms in total. The molecule has 1 aromatic heterocycles. The zero-order valence-electron chi connectivity index (χ0n) is 15.6. The van der Waals surface area contributed by atoms with Gasteiger partial charge in [-0.1, -0.05) is 17.3 Å². The number of allylic oxidation sites excluding steroid dienone is 1. The Hall–Kier alpha value is -3.02. The molecule has 0 spiro atoms. The first-order valence-corrected chi connectivity index (χ1v) is 8.27. The van der Waals surface area contributed by atoms with E-state index in [0.717, 1.165) is 22.6 Å². The van der Waals surface area contributed by atoms with Crippen LogP contribution in [-0.4, -0.2) is 31.7 Å². The highest BCUT2D eigenvalue weighted by Gasteiger charge is 2.08. The molecule has 0 amide bonds. The van der Waals surface area contributed by atoms with Crippen molar-refractivity contribution in [2.75, 3.05) is 20.5 Å². The van der Waals surface area contributed by atoms with Crippen LogP contribution in [0.3, 0.4) is 0 Å². The molecule has 0 atom stereocenters. The molecule has 0 aliphatic heterocycles. The third kappa shape index (κ3) is 5.81. The third-order valence-corrected chi connectivity index (χ3v) is 3.49. The highest BCUT2D eigenvalue weighted by molar-refractivity contribution is 5.76. The number of aryl methyl sites for hydroxylation is 2. The Morgan fingerprint density at radius 2 is 1.81 bits per heavy atom. The second-order valence-corrected chi connectivity index (χ2v) is 5.51. The summed E-state index contributed by atoms with van der Waals surface area (Å²) in [4.78, 5) is 8.81. The third-order valence-electron chi connectivity index (χ3n) is 3.49. The first-order valence-electron chi connectivity index (χ1n) is 8.27. The molecule has 0 unspecified atom stereocenters. The van der Waals surface area contributed by atoms with Crippen molar-refractivity contribution >= 4 is 6.21 Å². The van der Waals surface area contributed by atoms with Gasteiger partial charge in [-0.15, -0.1) is 0 Å². The second kappa shape index (κ2) is 10.1. The van der Waals surface area contributed by atoms with Crippen molar-refractivity contribution in [1.29, 1.82) is 0 Å². The summed E-state index contributed by atoms with van der Waals surface area (Å²) in [6, 6.07) is 7.49. The molecule has 0 fully saturated rings. The average molecular weight is 356 g/mol. The molecule has 0 saturated heterocycles. The van der Waals surface area contributed by atoms with Gasteiger partial charge in [0.05, 0.1) is 18.1 Å². The average Bonchev–Trinajstić information content (AvgIpc) is 2.63. The fourth-order valence-electron chi connectivity index (χ4n) is 2.28. The van der Waals surface area contributed by atoms with Gasteiger partial charge in [-0.05, 0) is 56.2 Å². The highest BCUT2D eigenvalue weighted by atomic mass is 16.7. The minimum Gasteiger partial charge on any atom is -0.490 e. The molecular formula is C20H24N2O4. The molecule has 26 heavy (non-hydrogen) atoms. The summed E-state index contributed by atoms with van der Waals surface area (Å²) >= 11 is 0. The van der Waals surface area contributed by atoms with E-state index in [1.165, 1.54) is 13.3 Å². The van der Waals surface area contributed by atoms with Crippen molar-refractivity contribution in [3.63, 3.8) is 0 Å². The van der Waals surface area contributed by atoms with Crippen molar-refractivity contribution in [3.8, 4) is 17.2 Å². The number of rotatable bonds is 9. The van der Waals surface area contributed by atoms with Gasteiger partial charge >= 0.3 is 0 Å². The maximum Gasteiger partial charge on any atom is 0.230 e. The van der Waals surface area contributed by atoms with Gasteiger partial charge in [0.2, 0.25) is 6.79 Å². The minimum absolute atomic E-state index is 0.0909. The smallest absolute Gasteiger partial charge is 0.230 e. The van der Waals surface area contributed by atoms with Crippen LogP contribution < -0.4 is 14.2 Å². The molecule has 138 valence electrons. The minimum atomic E-state index is 0.0909. The van der Waals surface area contributed by atoms with Crippen LogP contribution in [0.5, 0.6) is 17.2 Å². The zero-order chi connectivity index (χ0) is 18.8. The summed E-state index contributed by atoms with van der Waals surface area (Å²) in [6.07, 6.45) is 7.05. The van der Waals surface area contributed by atoms with E-state index in [-0.39, 0.29) is 6.79 Å². The van der Waals surface area contributed by atoms with Gasteiger partial charge < -0.3 is 19.0 Å². The predicted octanol–water partition coefficient (Wildman–Crippen LogP) is 4.05. The number of nitrogens with zero attached hydrogens (tertiary/aromatic N) is 2. The van der Waals surface area contributed by atoms with Crippen LogP contribution in [0.4, 0.5) is 0 Å². The van der Waals surface area contributed by atoms with Gasteiger partial charge in [0.15, 0.2) is 0 Å². The van der Waals surface area contributed by atoms with Crippen molar-refractivity contribution < 1.29 is 19.0 Å². The standard InChI is InChI=1S/C20H24N2O4/c1-5-6-9-24-19-10-15(2)20(16(3)11-19)26-14-25-18-8-7-17(21-13-18)12-22-23-4/h5-8,10-13H,9,14H2,1-4H3/b6-5+,22-12+. The number of ether oxygens (including phenoxy) is 3. The zero-order valence-corrected chi connectivity index (χ0v) is 15.6. The summed E-state index contributed by atoms with van der Waals surface area (Å²) in [5.41, 5.74) is 2.67. The second-order valence-electron chi connectivity index (χ2n) is 5.51. The largest absolute Gasteiger partial charge is 0.490 e. The summed E-state index contributed by atoms with van der Waals surface area (Å²) < 4.78 is 17.0. The fourth-order valence-corrected chi connectivity index (χ4v) is 2.28. The Morgan fingerprint density at radius 3 is 2.42 bits per heavy atom. The topological polar surface area (TPSA) is 62.2 Å². The molecule has 2 rings (SSSR count). The lowest BCUT2D eigenvalue weighted by atomic mass is 10.1. The van der Waals surface area contributed by atoms with E-state index in [0.29, 0.717) is 18.1 Å². The SMILES string of the molecule is C/C=C/COc1cc(C)c(OCOc2ccc(/C=N/OC)nc2)c(C)c1. The molecule has 0 saturated carbocycles. The highest BCUT2D eigenvalue weighted by Crippen LogP contribution is 2.28. The van der Waals surface area contributed by atoms with E-state index in [9.17, 15) is 0 Å². The Bertz CT molecular complexity index is 732. The lowest BCUT2D eigenvalue weighted by Gasteiger charge is -2.14. The van der Waals surface area contributed by atoms with E-state index in [1.54, 1.807) is 18.3 Å². The van der Waals surface area contributed by atoms with Crippen LogP contribution in [0, 0.1) is 13.8 Å². The molecular weight excluding hydrogens is 332 g/mol. The molecule has 0 aliphatic carbocycles. The quantitative estimate of drug-likeness (QED) is 0.294. The predicted molar refractivity (Wildman–Crippen MR) is 101 cm³/mol. The van der Waals surface area contributed by atoms with Crippen molar-refractivity contribution in [3.05, 3.63) is 59.4 Å². The number of oxime groups is 1. The van der Waals surface area contributed by atoms with Gasteiger partial charge in [-0.3, -0.25) is 4.98 Å². The summed E-state index contributed by atoms with van der Waals surface area (Å²) in [5, 5.41) is 3.66. The summed E-state index contributed by atoms with van der Waals surface area (Å²) in [7, 11) is 1.48. The van der Waals surface area contributed by atoms with Gasteiger partial charge in [-0.25, -0.2) is 0 Å². The van der Waals surface area contributed by atoms with Crippen LogP contribution in [0.2, 0.25) is 0 Å². The van der Waals surface area contributed by atoms with Gasteiger partial charge in [0, 0.05) is 0 Å². The van der Waals surface area contributed by atoms with E-state index < -0.39 is 0 Å². The molecule has 1 aromatic carbocycles. The molecule has 0 N–H and O–H groups in total. The monoisotopic (exact) mass is 356 g/mol. The molecule has 2 aromatic rings. The van der Waals surface area contributed by atoms with E-state index in [1.807, 2.05) is 45.1 Å². The van der Waals surface area contributed by atoms with Crippen molar-refractivity contribution in [2.24, 2.45) is 5.16 Å². The summed E-state index contributed by atoms with van der Waals surface area (Å²) in [5.74, 6) is 2.23. The number of hydrogen-bond acceptors (Lipinski definition) is 6. The maximum atomic E-state index is 5.78.